The highest BCUT2D eigenvalue weighted by Crippen LogP contribution is 2.29. The summed E-state index contributed by atoms with van der Waals surface area (Å²) in [5.41, 5.74) is 5.05. The number of aliphatic hydroxyl groups is 1. The van der Waals surface area contributed by atoms with Crippen LogP contribution in [0.5, 0.6) is 0 Å². The Morgan fingerprint density at radius 2 is 2.03 bits per heavy atom. The van der Waals surface area contributed by atoms with Crippen LogP contribution < -0.4 is 5.32 Å². The second-order valence-electron chi connectivity index (χ2n) is 7.43. The first-order valence-electron chi connectivity index (χ1n) is 10.3. The Balaban J connectivity index is 1.53. The summed E-state index contributed by atoms with van der Waals surface area (Å²) in [6.45, 7) is 1.85. The van der Waals surface area contributed by atoms with Crippen molar-refractivity contribution in [3.8, 4) is 23.3 Å². The number of imidazole rings is 1. The van der Waals surface area contributed by atoms with Crippen molar-refractivity contribution < 1.29 is 9.52 Å². The van der Waals surface area contributed by atoms with Crippen LogP contribution in [-0.2, 0) is 6.42 Å². The van der Waals surface area contributed by atoms with Gasteiger partial charge in [-0.05, 0) is 61.4 Å². The molecule has 0 bridgehead atoms. The van der Waals surface area contributed by atoms with Crippen LogP contribution in [0.2, 0.25) is 0 Å². The monoisotopic (exact) mass is 437 g/mol. The molecule has 0 spiro atoms. The van der Waals surface area contributed by atoms with Gasteiger partial charge in [0, 0.05) is 12.3 Å². The number of aryl methyl sites for hydroxylation is 1. The number of nitrogens with one attached hydrogen (secondary N) is 1. The van der Waals surface area contributed by atoms with Crippen molar-refractivity contribution in [2.24, 2.45) is 0 Å². The van der Waals surface area contributed by atoms with Crippen LogP contribution >= 0.6 is 0 Å². The lowest BCUT2D eigenvalue weighted by Crippen LogP contribution is -2.03. The van der Waals surface area contributed by atoms with E-state index in [2.05, 4.69) is 26.6 Å². The molecule has 0 saturated heterocycles. The first-order chi connectivity index (χ1) is 16.2. The van der Waals surface area contributed by atoms with E-state index in [0.29, 0.717) is 35.1 Å². The van der Waals surface area contributed by atoms with Crippen molar-refractivity contribution in [3.05, 3.63) is 77.9 Å². The molecule has 5 rings (SSSR count). The van der Waals surface area contributed by atoms with Gasteiger partial charge in [-0.1, -0.05) is 6.07 Å². The van der Waals surface area contributed by atoms with Crippen LogP contribution in [0.15, 0.2) is 65.5 Å². The van der Waals surface area contributed by atoms with Crippen LogP contribution in [0, 0.1) is 18.3 Å². The SMILES string of the molecule is Cc1ccc(Nc2ccc3c(c2)ncn3-c2ccc(CCO)c(-c3occc3C#N)n2)nn1. The van der Waals surface area contributed by atoms with Crippen LogP contribution in [0.3, 0.4) is 0 Å². The second-order valence-corrected chi connectivity index (χ2v) is 7.43. The lowest BCUT2D eigenvalue weighted by Gasteiger charge is -2.10. The van der Waals surface area contributed by atoms with Gasteiger partial charge in [0.1, 0.15) is 23.9 Å². The Bertz CT molecular complexity index is 1480. The molecule has 0 fully saturated rings. The third-order valence-electron chi connectivity index (χ3n) is 5.21. The largest absolute Gasteiger partial charge is 0.461 e. The quantitative estimate of drug-likeness (QED) is 0.409. The fourth-order valence-electron chi connectivity index (χ4n) is 3.60. The van der Waals surface area contributed by atoms with Gasteiger partial charge in [0.25, 0.3) is 0 Å². The molecule has 1 aromatic carbocycles. The lowest BCUT2D eigenvalue weighted by molar-refractivity contribution is 0.299. The van der Waals surface area contributed by atoms with Gasteiger partial charge in [0.05, 0.1) is 28.6 Å². The van der Waals surface area contributed by atoms with Crippen LogP contribution in [-0.4, -0.2) is 36.4 Å². The van der Waals surface area contributed by atoms with Crippen LogP contribution in [0.4, 0.5) is 11.5 Å². The molecule has 0 atom stereocenters. The van der Waals surface area contributed by atoms with Crippen molar-refractivity contribution in [2.45, 2.75) is 13.3 Å². The number of hydrogen-bond acceptors (Lipinski definition) is 8. The summed E-state index contributed by atoms with van der Waals surface area (Å²) in [7, 11) is 0. The zero-order valence-electron chi connectivity index (χ0n) is 17.7. The highest BCUT2D eigenvalue weighted by molar-refractivity contribution is 5.82. The second kappa shape index (κ2) is 8.53. The molecule has 0 aliphatic rings. The van der Waals surface area contributed by atoms with Crippen LogP contribution in [0.1, 0.15) is 16.8 Å². The number of nitrogens with zero attached hydrogens (tertiary/aromatic N) is 6. The molecular weight excluding hydrogens is 418 g/mol. The number of benzene rings is 1. The summed E-state index contributed by atoms with van der Waals surface area (Å²) in [5.74, 6) is 1.66. The van der Waals surface area contributed by atoms with Gasteiger partial charge in [0.2, 0.25) is 0 Å². The van der Waals surface area contributed by atoms with E-state index in [-0.39, 0.29) is 6.61 Å². The summed E-state index contributed by atoms with van der Waals surface area (Å²) in [6, 6.07) is 17.0. The Morgan fingerprint density at radius 1 is 1.12 bits per heavy atom. The third kappa shape index (κ3) is 3.91. The van der Waals surface area contributed by atoms with Gasteiger partial charge in [-0.15, -0.1) is 5.10 Å². The normalized spacial score (nSPS) is 10.9. The summed E-state index contributed by atoms with van der Waals surface area (Å²) < 4.78 is 7.42. The molecule has 33 heavy (non-hydrogen) atoms. The minimum atomic E-state index is -0.0359. The molecule has 0 amide bonds. The number of aliphatic hydroxyl groups excluding tert-OH is 1. The number of hydrogen-bond donors (Lipinski definition) is 2. The van der Waals surface area contributed by atoms with Gasteiger partial charge in [-0.25, -0.2) is 9.97 Å². The van der Waals surface area contributed by atoms with Gasteiger partial charge in [0.15, 0.2) is 11.6 Å². The Morgan fingerprint density at radius 3 is 2.82 bits per heavy atom. The van der Waals surface area contributed by atoms with Crippen molar-refractivity contribution in [3.63, 3.8) is 0 Å². The summed E-state index contributed by atoms with van der Waals surface area (Å²) >= 11 is 0. The lowest BCUT2D eigenvalue weighted by atomic mass is 10.1. The number of pyridine rings is 1. The fourth-order valence-corrected chi connectivity index (χ4v) is 3.60. The highest BCUT2D eigenvalue weighted by atomic mass is 16.3. The number of nitriles is 1. The first kappa shape index (κ1) is 20.4. The predicted molar refractivity (Wildman–Crippen MR) is 122 cm³/mol. The minimum Gasteiger partial charge on any atom is -0.461 e. The van der Waals surface area contributed by atoms with Crippen LogP contribution in [0.25, 0.3) is 28.3 Å². The Hall–Kier alpha value is -4.55. The molecule has 0 aliphatic carbocycles. The number of furan rings is 1. The van der Waals surface area contributed by atoms with E-state index in [1.165, 1.54) is 6.26 Å². The molecule has 5 aromatic rings. The summed E-state index contributed by atoms with van der Waals surface area (Å²) in [6.07, 6.45) is 3.56. The fraction of sp³-hybridized carbons (Fsp3) is 0.125. The molecular formula is C24H19N7O2. The van der Waals surface area contributed by atoms with E-state index in [4.69, 9.17) is 9.40 Å². The van der Waals surface area contributed by atoms with Gasteiger partial charge in [-0.3, -0.25) is 4.57 Å². The van der Waals surface area contributed by atoms with Gasteiger partial charge < -0.3 is 14.8 Å². The van der Waals surface area contributed by atoms with Crippen molar-refractivity contribution in [1.29, 1.82) is 5.26 Å². The maximum absolute atomic E-state index is 9.46. The molecule has 4 heterocycles. The zero-order valence-corrected chi connectivity index (χ0v) is 17.7. The van der Waals surface area contributed by atoms with Gasteiger partial charge in [-0.2, -0.15) is 10.4 Å². The predicted octanol–water partition coefficient (Wildman–Crippen LogP) is 3.93. The van der Waals surface area contributed by atoms with E-state index in [9.17, 15) is 10.4 Å². The molecule has 0 radical (unpaired) electrons. The standard InChI is InChI=1S/C24H19N7O2/c1-15-2-6-21(30-29-15)27-18-4-5-20-19(12-18)26-14-31(20)22-7-3-16(8-10-32)23(28-22)24-17(13-25)9-11-33-24/h2-7,9,11-12,14,32H,8,10H2,1H3,(H,27,30). The first-order valence-corrected chi connectivity index (χ1v) is 10.3. The van der Waals surface area contributed by atoms with E-state index in [0.717, 1.165) is 28.0 Å². The number of aromatic nitrogens is 5. The molecule has 0 aliphatic heterocycles. The highest BCUT2D eigenvalue weighted by Gasteiger charge is 2.17. The maximum atomic E-state index is 9.46. The van der Waals surface area contributed by atoms with Crippen molar-refractivity contribution in [2.75, 3.05) is 11.9 Å². The van der Waals surface area contributed by atoms with Crippen molar-refractivity contribution >= 4 is 22.5 Å². The molecule has 9 nitrogen and oxygen atoms in total. The molecule has 0 saturated carbocycles. The zero-order chi connectivity index (χ0) is 22.8. The molecule has 162 valence electrons. The van der Waals surface area contributed by atoms with Crippen molar-refractivity contribution in [1.82, 2.24) is 24.7 Å². The number of anilines is 2. The molecule has 9 heteroatoms. The average Bonchev–Trinajstić information content (AvgIpc) is 3.48. The molecule has 0 unspecified atom stereocenters. The topological polar surface area (TPSA) is 126 Å². The molecule has 4 aromatic heterocycles. The van der Waals surface area contributed by atoms with E-state index >= 15 is 0 Å². The average molecular weight is 437 g/mol. The summed E-state index contributed by atoms with van der Waals surface area (Å²) in [5, 5.41) is 30.3. The maximum Gasteiger partial charge on any atom is 0.170 e. The third-order valence-corrected chi connectivity index (χ3v) is 5.21. The van der Waals surface area contributed by atoms with Gasteiger partial charge >= 0.3 is 0 Å². The number of rotatable bonds is 6. The van der Waals surface area contributed by atoms with E-state index in [1.54, 1.807) is 12.4 Å². The smallest absolute Gasteiger partial charge is 0.170 e. The molecule has 2 N–H and O–H groups in total. The minimum absolute atomic E-state index is 0.0359. The van der Waals surface area contributed by atoms with E-state index in [1.807, 2.05) is 54.0 Å². The number of fused-ring (bicyclic) bond motifs is 1. The Labute approximate surface area is 189 Å². The summed E-state index contributed by atoms with van der Waals surface area (Å²) in [4.78, 5) is 9.29. The Kier molecular flexibility index (Phi) is 5.26. The van der Waals surface area contributed by atoms with E-state index < -0.39 is 0 Å².